The fourth-order valence-corrected chi connectivity index (χ4v) is 2.58. The lowest BCUT2D eigenvalue weighted by atomic mass is 9.94. The summed E-state index contributed by atoms with van der Waals surface area (Å²) in [6.07, 6.45) is 2.04. The van der Waals surface area contributed by atoms with Gasteiger partial charge in [-0.15, -0.1) is 0 Å². The zero-order chi connectivity index (χ0) is 16.2. The molecule has 0 amide bonds. The standard InChI is InChI=1S/C16H26N2O3/c1-7-16(8-2,21-6)15-17-11(4)13(12(5)18-15)9-10(3)14(19)20/h10H,7-9H2,1-6H3,(H,19,20). The van der Waals surface area contributed by atoms with Crippen molar-refractivity contribution in [2.75, 3.05) is 7.11 Å². The molecule has 1 heterocycles. The van der Waals surface area contributed by atoms with Gasteiger partial charge in [-0.3, -0.25) is 4.79 Å². The Morgan fingerprint density at radius 1 is 1.24 bits per heavy atom. The van der Waals surface area contributed by atoms with Gasteiger partial charge in [-0.25, -0.2) is 9.97 Å². The topological polar surface area (TPSA) is 72.3 Å². The summed E-state index contributed by atoms with van der Waals surface area (Å²) in [4.78, 5) is 20.2. The molecule has 0 fully saturated rings. The molecule has 0 saturated heterocycles. The minimum atomic E-state index is -0.800. The van der Waals surface area contributed by atoms with Crippen LogP contribution in [-0.2, 0) is 21.6 Å². The third-order valence-electron chi connectivity index (χ3n) is 4.29. The zero-order valence-corrected chi connectivity index (χ0v) is 13.9. The summed E-state index contributed by atoms with van der Waals surface area (Å²) >= 11 is 0. The summed E-state index contributed by atoms with van der Waals surface area (Å²) in [6.45, 7) is 9.64. The second kappa shape index (κ2) is 6.98. The molecule has 1 aromatic rings. The number of aliphatic carboxylic acids is 1. The molecule has 0 aliphatic carbocycles. The quantitative estimate of drug-likeness (QED) is 0.837. The SMILES string of the molecule is CCC(CC)(OC)c1nc(C)c(CC(C)C(=O)O)c(C)n1. The molecular formula is C16H26N2O3. The van der Waals surface area contributed by atoms with Crippen molar-refractivity contribution in [3.8, 4) is 0 Å². The molecule has 5 heteroatoms. The van der Waals surface area contributed by atoms with Gasteiger partial charge in [-0.1, -0.05) is 20.8 Å². The molecule has 21 heavy (non-hydrogen) atoms. The molecular weight excluding hydrogens is 268 g/mol. The van der Waals surface area contributed by atoms with E-state index in [0.29, 0.717) is 12.2 Å². The number of aromatic nitrogens is 2. The van der Waals surface area contributed by atoms with E-state index >= 15 is 0 Å². The number of hydrogen-bond acceptors (Lipinski definition) is 4. The number of aryl methyl sites for hydroxylation is 2. The molecule has 1 aromatic heterocycles. The van der Waals surface area contributed by atoms with E-state index in [9.17, 15) is 4.79 Å². The Balaban J connectivity index is 3.24. The lowest BCUT2D eigenvalue weighted by Crippen LogP contribution is -2.30. The fourth-order valence-electron chi connectivity index (χ4n) is 2.58. The first-order chi connectivity index (χ1) is 9.81. The largest absolute Gasteiger partial charge is 0.481 e. The summed E-state index contributed by atoms with van der Waals surface area (Å²) in [5.41, 5.74) is 2.14. The van der Waals surface area contributed by atoms with Crippen LogP contribution in [0.2, 0.25) is 0 Å². The van der Waals surface area contributed by atoms with Crippen molar-refractivity contribution in [3.05, 3.63) is 22.8 Å². The highest BCUT2D eigenvalue weighted by Gasteiger charge is 2.32. The van der Waals surface area contributed by atoms with Gasteiger partial charge >= 0.3 is 5.97 Å². The van der Waals surface area contributed by atoms with Crippen LogP contribution < -0.4 is 0 Å². The average Bonchev–Trinajstić information content (AvgIpc) is 2.45. The van der Waals surface area contributed by atoms with E-state index in [4.69, 9.17) is 9.84 Å². The number of carboxylic acids is 1. The molecule has 1 unspecified atom stereocenters. The van der Waals surface area contributed by atoms with Crippen LogP contribution in [0.15, 0.2) is 0 Å². The first kappa shape index (κ1) is 17.6. The molecule has 0 aliphatic rings. The Labute approximate surface area is 126 Å². The second-order valence-corrected chi connectivity index (χ2v) is 5.55. The van der Waals surface area contributed by atoms with Gasteiger partial charge in [-0.05, 0) is 38.7 Å². The van der Waals surface area contributed by atoms with Crippen molar-refractivity contribution in [1.29, 1.82) is 0 Å². The average molecular weight is 294 g/mol. The van der Waals surface area contributed by atoms with Crippen LogP contribution in [0.25, 0.3) is 0 Å². The second-order valence-electron chi connectivity index (χ2n) is 5.55. The molecule has 1 N–H and O–H groups in total. The number of hydrogen-bond donors (Lipinski definition) is 1. The molecule has 118 valence electrons. The molecule has 0 aromatic carbocycles. The van der Waals surface area contributed by atoms with Crippen molar-refractivity contribution in [2.24, 2.45) is 5.92 Å². The molecule has 0 radical (unpaired) electrons. The first-order valence-electron chi connectivity index (χ1n) is 7.43. The number of ether oxygens (including phenoxy) is 1. The highest BCUT2D eigenvalue weighted by Crippen LogP contribution is 2.31. The summed E-state index contributed by atoms with van der Waals surface area (Å²) in [7, 11) is 1.68. The monoisotopic (exact) mass is 294 g/mol. The number of carboxylic acid groups (broad SMARTS) is 1. The Hall–Kier alpha value is -1.49. The number of nitrogens with zero attached hydrogens (tertiary/aromatic N) is 2. The van der Waals surface area contributed by atoms with Crippen molar-refractivity contribution >= 4 is 5.97 Å². The van der Waals surface area contributed by atoms with E-state index in [1.807, 2.05) is 13.8 Å². The van der Waals surface area contributed by atoms with Crippen LogP contribution >= 0.6 is 0 Å². The first-order valence-corrected chi connectivity index (χ1v) is 7.43. The molecule has 0 saturated carbocycles. The fraction of sp³-hybridized carbons (Fsp3) is 0.688. The normalized spacial score (nSPS) is 13.2. The van der Waals surface area contributed by atoms with Gasteiger partial charge in [0.2, 0.25) is 0 Å². The Morgan fingerprint density at radius 2 is 1.71 bits per heavy atom. The van der Waals surface area contributed by atoms with Gasteiger partial charge in [-0.2, -0.15) is 0 Å². The summed E-state index contributed by atoms with van der Waals surface area (Å²) in [5.74, 6) is -0.552. The van der Waals surface area contributed by atoms with Crippen LogP contribution in [-0.4, -0.2) is 28.2 Å². The third kappa shape index (κ3) is 3.59. The zero-order valence-electron chi connectivity index (χ0n) is 13.9. The maximum Gasteiger partial charge on any atom is 0.306 e. The van der Waals surface area contributed by atoms with Gasteiger partial charge < -0.3 is 9.84 Å². The number of rotatable bonds is 7. The van der Waals surface area contributed by atoms with Crippen molar-refractivity contribution < 1.29 is 14.6 Å². The highest BCUT2D eigenvalue weighted by molar-refractivity contribution is 5.70. The predicted octanol–water partition coefficient (Wildman–Crippen LogP) is 3.02. The van der Waals surface area contributed by atoms with Crippen molar-refractivity contribution in [1.82, 2.24) is 9.97 Å². The van der Waals surface area contributed by atoms with E-state index in [1.165, 1.54) is 0 Å². The number of methoxy groups -OCH3 is 1. The van der Waals surface area contributed by atoms with E-state index < -0.39 is 17.5 Å². The molecule has 0 bridgehead atoms. The van der Waals surface area contributed by atoms with Gasteiger partial charge in [0, 0.05) is 18.5 Å². The smallest absolute Gasteiger partial charge is 0.306 e. The third-order valence-corrected chi connectivity index (χ3v) is 4.29. The molecule has 5 nitrogen and oxygen atoms in total. The van der Waals surface area contributed by atoms with Crippen LogP contribution in [0.4, 0.5) is 0 Å². The molecule has 0 aliphatic heterocycles. The number of carbonyl (C=O) groups is 1. The molecule has 1 atom stereocenters. The minimum absolute atomic E-state index is 0.443. The van der Waals surface area contributed by atoms with Gasteiger partial charge in [0.15, 0.2) is 5.82 Å². The van der Waals surface area contributed by atoms with Crippen molar-refractivity contribution in [3.63, 3.8) is 0 Å². The lowest BCUT2D eigenvalue weighted by Gasteiger charge is -2.29. The molecule has 1 rings (SSSR count). The van der Waals surface area contributed by atoms with Gasteiger partial charge in [0.1, 0.15) is 5.60 Å². The van der Waals surface area contributed by atoms with Crippen LogP contribution in [0.3, 0.4) is 0 Å². The van der Waals surface area contributed by atoms with Gasteiger partial charge in [0.05, 0.1) is 5.92 Å². The van der Waals surface area contributed by atoms with Crippen LogP contribution in [0, 0.1) is 19.8 Å². The Morgan fingerprint density at radius 3 is 2.05 bits per heavy atom. The van der Waals surface area contributed by atoms with E-state index in [1.54, 1.807) is 14.0 Å². The van der Waals surface area contributed by atoms with E-state index in [0.717, 1.165) is 29.8 Å². The van der Waals surface area contributed by atoms with E-state index in [2.05, 4.69) is 23.8 Å². The minimum Gasteiger partial charge on any atom is -0.481 e. The predicted molar refractivity (Wildman–Crippen MR) is 81.3 cm³/mol. The summed E-state index contributed by atoms with van der Waals surface area (Å²) in [6, 6.07) is 0. The molecule has 0 spiro atoms. The summed E-state index contributed by atoms with van der Waals surface area (Å²) in [5, 5.41) is 9.06. The lowest BCUT2D eigenvalue weighted by molar-refractivity contribution is -0.141. The van der Waals surface area contributed by atoms with Crippen molar-refractivity contribution in [2.45, 2.75) is 59.5 Å². The van der Waals surface area contributed by atoms with Gasteiger partial charge in [0.25, 0.3) is 0 Å². The Bertz CT molecular complexity index is 479. The van der Waals surface area contributed by atoms with Crippen LogP contribution in [0.5, 0.6) is 0 Å². The Kier molecular flexibility index (Phi) is 5.84. The van der Waals surface area contributed by atoms with Crippen LogP contribution in [0.1, 0.15) is 56.4 Å². The maximum atomic E-state index is 11.0. The van der Waals surface area contributed by atoms with E-state index in [-0.39, 0.29) is 0 Å². The summed E-state index contributed by atoms with van der Waals surface area (Å²) < 4.78 is 5.67. The maximum absolute atomic E-state index is 11.0. The highest BCUT2D eigenvalue weighted by atomic mass is 16.5.